The third-order valence-corrected chi connectivity index (χ3v) is 2.14. The van der Waals surface area contributed by atoms with Crippen LogP contribution in [0.15, 0.2) is 36.7 Å². The van der Waals surface area contributed by atoms with Crippen molar-refractivity contribution in [2.24, 2.45) is 0 Å². The van der Waals surface area contributed by atoms with Crippen molar-refractivity contribution in [3.05, 3.63) is 53.9 Å². The van der Waals surface area contributed by atoms with Crippen molar-refractivity contribution in [2.45, 2.75) is 0 Å². The lowest BCUT2D eigenvalue weighted by molar-refractivity contribution is 0.603. The molecule has 0 saturated heterocycles. The first-order valence-electron chi connectivity index (χ1n) is 4.77. The average Bonchev–Trinajstić information content (AvgIpc) is 2.34. The molecule has 1 N–H and O–H groups in total. The molecule has 2 aromatic rings. The van der Waals surface area contributed by atoms with Crippen molar-refractivity contribution in [3.63, 3.8) is 0 Å². The quantitative estimate of drug-likeness (QED) is 0.864. The topological polar surface area (TPSA) is 48.7 Å². The van der Waals surface area contributed by atoms with Gasteiger partial charge in [0.25, 0.3) is 0 Å². The number of benzene rings is 1. The van der Waals surface area contributed by atoms with E-state index in [1.807, 2.05) is 6.07 Å². The average molecular weight is 231 g/mol. The number of nitrogens with one attached hydrogen (secondary N) is 1. The van der Waals surface area contributed by atoms with Gasteiger partial charge in [-0.15, -0.1) is 0 Å². The monoisotopic (exact) mass is 231 g/mol. The molecule has 5 heteroatoms. The molecule has 0 aliphatic rings. The molecule has 3 nitrogen and oxygen atoms in total. The maximum absolute atomic E-state index is 13.4. The predicted octanol–water partition coefficient (Wildman–Crippen LogP) is 2.98. The highest BCUT2D eigenvalue weighted by Gasteiger charge is 2.07. The molecule has 0 saturated carbocycles. The number of pyridine rings is 1. The largest absolute Gasteiger partial charge is 0.351 e. The number of nitriles is 1. The Kier molecular flexibility index (Phi) is 2.97. The van der Waals surface area contributed by atoms with Gasteiger partial charge >= 0.3 is 0 Å². The van der Waals surface area contributed by atoms with Gasteiger partial charge in [-0.3, -0.25) is 4.98 Å². The van der Waals surface area contributed by atoms with Crippen molar-refractivity contribution in [2.75, 3.05) is 5.32 Å². The number of nitrogens with zero attached hydrogens (tertiary/aromatic N) is 2. The highest BCUT2D eigenvalue weighted by atomic mass is 19.1. The fourth-order valence-corrected chi connectivity index (χ4v) is 1.33. The van der Waals surface area contributed by atoms with Gasteiger partial charge in [0.1, 0.15) is 17.7 Å². The van der Waals surface area contributed by atoms with Crippen LogP contribution in [0.2, 0.25) is 0 Å². The summed E-state index contributed by atoms with van der Waals surface area (Å²) < 4.78 is 26.3. The van der Waals surface area contributed by atoms with E-state index in [9.17, 15) is 8.78 Å². The van der Waals surface area contributed by atoms with E-state index in [1.54, 1.807) is 0 Å². The maximum Gasteiger partial charge on any atom is 0.146 e. The molecule has 84 valence electrons. The van der Waals surface area contributed by atoms with Crippen molar-refractivity contribution in [1.82, 2.24) is 4.98 Å². The first-order valence-corrected chi connectivity index (χ1v) is 4.77. The summed E-state index contributed by atoms with van der Waals surface area (Å²) in [5, 5.41) is 11.5. The zero-order chi connectivity index (χ0) is 12.3. The Morgan fingerprint density at radius 1 is 1.18 bits per heavy atom. The summed E-state index contributed by atoms with van der Waals surface area (Å²) in [6, 6.07) is 6.47. The number of hydrogen-bond donors (Lipinski definition) is 1. The minimum Gasteiger partial charge on any atom is -0.351 e. The van der Waals surface area contributed by atoms with Crippen LogP contribution < -0.4 is 5.32 Å². The van der Waals surface area contributed by atoms with E-state index in [-0.39, 0.29) is 5.69 Å². The molecule has 0 amide bonds. The van der Waals surface area contributed by atoms with Crippen LogP contribution >= 0.6 is 0 Å². The van der Waals surface area contributed by atoms with E-state index in [1.165, 1.54) is 18.5 Å². The van der Waals surface area contributed by atoms with E-state index >= 15 is 0 Å². The second-order valence-electron chi connectivity index (χ2n) is 3.28. The molecule has 0 aliphatic carbocycles. The fourth-order valence-electron chi connectivity index (χ4n) is 1.33. The molecule has 0 spiro atoms. The lowest BCUT2D eigenvalue weighted by Crippen LogP contribution is -1.97. The normalized spacial score (nSPS) is 9.71. The predicted molar refractivity (Wildman–Crippen MR) is 58.6 cm³/mol. The highest BCUT2D eigenvalue weighted by molar-refractivity contribution is 5.65. The summed E-state index contributed by atoms with van der Waals surface area (Å²) in [4.78, 5) is 3.81. The summed E-state index contributed by atoms with van der Waals surface area (Å²) in [6.07, 6.45) is 2.83. The Hall–Kier alpha value is -2.48. The molecule has 1 aromatic heterocycles. The number of halogens is 2. The van der Waals surface area contributed by atoms with Crippen LogP contribution in [0.1, 0.15) is 5.56 Å². The van der Waals surface area contributed by atoms with Gasteiger partial charge in [-0.25, -0.2) is 8.78 Å². The molecule has 2 rings (SSSR count). The molecule has 1 heterocycles. The Labute approximate surface area is 96.3 Å². The number of anilines is 2. The van der Waals surface area contributed by atoms with E-state index < -0.39 is 11.6 Å². The van der Waals surface area contributed by atoms with Crippen LogP contribution in [-0.2, 0) is 0 Å². The van der Waals surface area contributed by atoms with Crippen LogP contribution in [-0.4, -0.2) is 4.98 Å². The zero-order valence-corrected chi connectivity index (χ0v) is 8.61. The summed E-state index contributed by atoms with van der Waals surface area (Å²) in [5.74, 6) is -1.16. The van der Waals surface area contributed by atoms with Gasteiger partial charge in [0, 0.05) is 12.3 Å². The van der Waals surface area contributed by atoms with Crippen LogP contribution in [0, 0.1) is 23.0 Å². The van der Waals surface area contributed by atoms with Crippen LogP contribution in [0.5, 0.6) is 0 Å². The van der Waals surface area contributed by atoms with Crippen molar-refractivity contribution in [1.29, 1.82) is 5.26 Å². The molecule has 0 aliphatic heterocycles. The minimum absolute atomic E-state index is 0.0329. The molecule has 0 atom stereocenters. The molecule has 1 aromatic carbocycles. The van der Waals surface area contributed by atoms with Gasteiger partial charge in [0.05, 0.1) is 23.1 Å². The molecule has 17 heavy (non-hydrogen) atoms. The van der Waals surface area contributed by atoms with Crippen molar-refractivity contribution < 1.29 is 8.78 Å². The number of aromatic nitrogens is 1. The molecule has 0 radical (unpaired) electrons. The highest BCUT2D eigenvalue weighted by Crippen LogP contribution is 2.22. The second kappa shape index (κ2) is 4.58. The summed E-state index contributed by atoms with van der Waals surface area (Å²) in [6.45, 7) is 0. The van der Waals surface area contributed by atoms with E-state index in [4.69, 9.17) is 5.26 Å². The smallest absolute Gasteiger partial charge is 0.146 e. The Morgan fingerprint density at radius 3 is 2.76 bits per heavy atom. The van der Waals surface area contributed by atoms with Crippen LogP contribution in [0.4, 0.5) is 20.2 Å². The van der Waals surface area contributed by atoms with E-state index in [0.29, 0.717) is 11.3 Å². The summed E-state index contributed by atoms with van der Waals surface area (Å²) in [5.41, 5.74) is 0.609. The van der Waals surface area contributed by atoms with Gasteiger partial charge in [0.15, 0.2) is 0 Å². The molecular weight excluding hydrogens is 224 g/mol. The number of hydrogen-bond acceptors (Lipinski definition) is 3. The van der Waals surface area contributed by atoms with Crippen LogP contribution in [0.3, 0.4) is 0 Å². The Bertz CT molecular complexity index is 591. The molecule has 0 bridgehead atoms. The maximum atomic E-state index is 13.4. The standard InChI is InChI=1S/C12H7F2N3/c13-9-1-2-10(14)11(5-9)17-12-7-16-4-3-8(12)6-15/h1-5,7,17H. The Balaban J connectivity index is 2.38. The first-order chi connectivity index (χ1) is 8.20. The van der Waals surface area contributed by atoms with Crippen molar-refractivity contribution >= 4 is 11.4 Å². The zero-order valence-electron chi connectivity index (χ0n) is 8.61. The molecular formula is C12H7F2N3. The fraction of sp³-hybridized carbons (Fsp3) is 0. The summed E-state index contributed by atoms with van der Waals surface area (Å²) >= 11 is 0. The lowest BCUT2D eigenvalue weighted by Gasteiger charge is -2.08. The first kappa shape index (κ1) is 11.0. The summed E-state index contributed by atoms with van der Waals surface area (Å²) in [7, 11) is 0. The van der Waals surface area contributed by atoms with Gasteiger partial charge in [-0.05, 0) is 18.2 Å². The molecule has 0 fully saturated rings. The lowest BCUT2D eigenvalue weighted by atomic mass is 10.2. The van der Waals surface area contributed by atoms with E-state index in [0.717, 1.165) is 18.2 Å². The third kappa shape index (κ3) is 2.37. The third-order valence-electron chi connectivity index (χ3n) is 2.14. The molecule has 0 unspecified atom stereocenters. The van der Waals surface area contributed by atoms with Gasteiger partial charge < -0.3 is 5.32 Å². The van der Waals surface area contributed by atoms with Crippen molar-refractivity contribution in [3.8, 4) is 6.07 Å². The number of rotatable bonds is 2. The Morgan fingerprint density at radius 2 is 2.00 bits per heavy atom. The van der Waals surface area contributed by atoms with Crippen LogP contribution in [0.25, 0.3) is 0 Å². The second-order valence-corrected chi connectivity index (χ2v) is 3.28. The minimum atomic E-state index is -0.598. The van der Waals surface area contributed by atoms with E-state index in [2.05, 4.69) is 10.3 Å². The SMILES string of the molecule is N#Cc1ccncc1Nc1cc(F)ccc1F. The van der Waals surface area contributed by atoms with Gasteiger partial charge in [-0.2, -0.15) is 5.26 Å². The van der Waals surface area contributed by atoms with Gasteiger partial charge in [0.2, 0.25) is 0 Å². The van der Waals surface area contributed by atoms with Gasteiger partial charge in [-0.1, -0.05) is 0 Å².